The van der Waals surface area contributed by atoms with Gasteiger partial charge in [0.2, 0.25) is 0 Å². The number of hydrogen-bond donors (Lipinski definition) is 1. The maximum atomic E-state index is 4.22. The number of nitrogens with one attached hydrogen (secondary N) is 1. The van der Waals surface area contributed by atoms with Gasteiger partial charge in [-0.05, 0) is 36.6 Å². The van der Waals surface area contributed by atoms with Crippen molar-refractivity contribution < 1.29 is 0 Å². The number of hydrogen-bond acceptors (Lipinski definition) is 4. The highest BCUT2D eigenvalue weighted by Gasteiger charge is 2.20. The summed E-state index contributed by atoms with van der Waals surface area (Å²) >= 11 is 5.29. The minimum Gasteiger partial charge on any atom is -0.310 e. The molecule has 3 nitrogen and oxygen atoms in total. The largest absolute Gasteiger partial charge is 0.310 e. The van der Waals surface area contributed by atoms with E-state index < -0.39 is 0 Å². The zero-order chi connectivity index (χ0) is 13.1. The third-order valence-electron chi connectivity index (χ3n) is 2.96. The Hall–Kier alpha value is -0.910. The maximum absolute atomic E-state index is 4.22. The van der Waals surface area contributed by atoms with E-state index in [1.807, 2.05) is 6.07 Å². The Bertz CT molecular complexity index is 558. The van der Waals surface area contributed by atoms with E-state index in [9.17, 15) is 0 Å². The van der Waals surface area contributed by atoms with Crippen LogP contribution in [0.2, 0.25) is 0 Å². The number of aromatic nitrogens is 2. The summed E-state index contributed by atoms with van der Waals surface area (Å²) in [6.45, 7) is 0.934. The van der Waals surface area contributed by atoms with Crippen LogP contribution in [-0.2, 0) is 6.54 Å². The van der Waals surface area contributed by atoms with Crippen LogP contribution < -0.4 is 5.32 Å². The number of halogens is 1. The first-order valence-electron chi connectivity index (χ1n) is 6.27. The lowest BCUT2D eigenvalue weighted by atomic mass is 10.2. The van der Waals surface area contributed by atoms with Crippen LogP contribution >= 0.6 is 27.7 Å². The Morgan fingerprint density at radius 1 is 1.32 bits per heavy atom. The summed E-state index contributed by atoms with van der Waals surface area (Å²) in [5.41, 5.74) is 1.30. The molecule has 0 bridgehead atoms. The van der Waals surface area contributed by atoms with Gasteiger partial charge < -0.3 is 5.32 Å². The first kappa shape index (κ1) is 13.1. The molecular formula is C14H14BrN3S. The SMILES string of the molecule is Brc1cc(Sc2ccncn2)ccc1CNC1CC1. The van der Waals surface area contributed by atoms with Crippen LogP contribution in [0, 0.1) is 0 Å². The van der Waals surface area contributed by atoms with E-state index in [2.05, 4.69) is 49.4 Å². The van der Waals surface area contributed by atoms with Crippen LogP contribution in [-0.4, -0.2) is 16.0 Å². The normalized spacial score (nSPS) is 14.6. The van der Waals surface area contributed by atoms with E-state index in [0.717, 1.165) is 22.1 Å². The van der Waals surface area contributed by atoms with Crippen molar-refractivity contribution in [3.8, 4) is 0 Å². The van der Waals surface area contributed by atoms with Gasteiger partial charge >= 0.3 is 0 Å². The highest BCUT2D eigenvalue weighted by Crippen LogP contribution is 2.30. The fourth-order valence-corrected chi connectivity index (χ4v) is 3.19. The lowest BCUT2D eigenvalue weighted by Crippen LogP contribution is -2.15. The maximum Gasteiger partial charge on any atom is 0.116 e. The zero-order valence-electron chi connectivity index (χ0n) is 10.3. The fourth-order valence-electron chi connectivity index (χ4n) is 1.74. The van der Waals surface area contributed by atoms with Crippen molar-refractivity contribution in [1.82, 2.24) is 15.3 Å². The molecule has 98 valence electrons. The minimum absolute atomic E-state index is 0.738. The van der Waals surface area contributed by atoms with Crippen molar-refractivity contribution in [3.63, 3.8) is 0 Å². The van der Waals surface area contributed by atoms with Crippen molar-refractivity contribution in [1.29, 1.82) is 0 Å². The van der Waals surface area contributed by atoms with Crippen LogP contribution in [0.25, 0.3) is 0 Å². The molecule has 1 aliphatic rings. The molecule has 0 spiro atoms. The lowest BCUT2D eigenvalue weighted by molar-refractivity contribution is 0.685. The van der Waals surface area contributed by atoms with E-state index in [1.54, 1.807) is 24.3 Å². The molecule has 1 aromatic carbocycles. The van der Waals surface area contributed by atoms with Crippen LogP contribution in [0.5, 0.6) is 0 Å². The topological polar surface area (TPSA) is 37.8 Å². The molecule has 1 fully saturated rings. The number of rotatable bonds is 5. The Morgan fingerprint density at radius 3 is 2.89 bits per heavy atom. The molecule has 1 aromatic heterocycles. The molecule has 1 N–H and O–H groups in total. The molecule has 0 saturated heterocycles. The summed E-state index contributed by atoms with van der Waals surface area (Å²) in [6.07, 6.45) is 5.97. The summed E-state index contributed by atoms with van der Waals surface area (Å²) < 4.78 is 1.15. The molecule has 2 aromatic rings. The molecule has 5 heteroatoms. The van der Waals surface area contributed by atoms with Crippen LogP contribution in [0.4, 0.5) is 0 Å². The second kappa shape index (κ2) is 6.03. The minimum atomic E-state index is 0.738. The predicted octanol–water partition coefficient (Wildman–Crippen LogP) is 3.64. The molecule has 1 aliphatic carbocycles. The van der Waals surface area contributed by atoms with Gasteiger partial charge in [-0.3, -0.25) is 0 Å². The first-order valence-corrected chi connectivity index (χ1v) is 7.88. The Kier molecular flexibility index (Phi) is 4.15. The number of nitrogens with zero attached hydrogens (tertiary/aromatic N) is 2. The van der Waals surface area contributed by atoms with Gasteiger partial charge in [-0.2, -0.15) is 0 Å². The second-order valence-corrected chi connectivity index (χ2v) is 6.51. The first-order chi connectivity index (χ1) is 9.31. The van der Waals surface area contributed by atoms with Crippen molar-refractivity contribution >= 4 is 27.7 Å². The van der Waals surface area contributed by atoms with Crippen LogP contribution in [0.3, 0.4) is 0 Å². The molecule has 3 rings (SSSR count). The third kappa shape index (κ3) is 3.78. The van der Waals surface area contributed by atoms with E-state index >= 15 is 0 Å². The molecule has 0 amide bonds. The summed E-state index contributed by atoms with van der Waals surface area (Å²) in [5, 5.41) is 4.49. The van der Waals surface area contributed by atoms with Gasteiger partial charge in [0.25, 0.3) is 0 Å². The molecule has 0 unspecified atom stereocenters. The van der Waals surface area contributed by atoms with Gasteiger partial charge in [-0.1, -0.05) is 33.8 Å². The molecule has 0 aliphatic heterocycles. The van der Waals surface area contributed by atoms with E-state index in [4.69, 9.17) is 0 Å². The van der Waals surface area contributed by atoms with E-state index in [-0.39, 0.29) is 0 Å². The highest BCUT2D eigenvalue weighted by molar-refractivity contribution is 9.10. The van der Waals surface area contributed by atoms with Crippen LogP contribution in [0.1, 0.15) is 18.4 Å². The Morgan fingerprint density at radius 2 is 2.21 bits per heavy atom. The molecule has 0 atom stereocenters. The van der Waals surface area contributed by atoms with Gasteiger partial charge in [0, 0.05) is 28.2 Å². The fraction of sp³-hybridized carbons (Fsp3) is 0.286. The molecular weight excluding hydrogens is 322 g/mol. The Balaban J connectivity index is 1.67. The van der Waals surface area contributed by atoms with Crippen molar-refractivity contribution in [2.45, 2.75) is 35.3 Å². The summed E-state index contributed by atoms with van der Waals surface area (Å²) in [7, 11) is 0. The molecule has 19 heavy (non-hydrogen) atoms. The summed E-state index contributed by atoms with van der Waals surface area (Å²) in [5.74, 6) is 0. The zero-order valence-corrected chi connectivity index (χ0v) is 12.7. The second-order valence-electron chi connectivity index (χ2n) is 4.56. The summed E-state index contributed by atoms with van der Waals surface area (Å²) in [4.78, 5) is 9.32. The number of benzene rings is 1. The van der Waals surface area contributed by atoms with E-state index in [1.165, 1.54) is 23.3 Å². The average Bonchev–Trinajstić information content (AvgIpc) is 3.23. The molecule has 1 saturated carbocycles. The van der Waals surface area contributed by atoms with Gasteiger partial charge in [-0.25, -0.2) is 9.97 Å². The predicted molar refractivity (Wildman–Crippen MR) is 80.2 cm³/mol. The third-order valence-corrected chi connectivity index (χ3v) is 4.64. The Labute approximate surface area is 125 Å². The van der Waals surface area contributed by atoms with Gasteiger partial charge in [-0.15, -0.1) is 0 Å². The smallest absolute Gasteiger partial charge is 0.116 e. The van der Waals surface area contributed by atoms with Gasteiger partial charge in [0.05, 0.1) is 0 Å². The highest BCUT2D eigenvalue weighted by atomic mass is 79.9. The molecule has 0 radical (unpaired) electrons. The van der Waals surface area contributed by atoms with Crippen molar-refractivity contribution in [3.05, 3.63) is 46.8 Å². The standard InChI is InChI=1S/C14H14BrN3S/c15-13-7-12(19-14-5-6-16-9-18-14)4-1-10(13)8-17-11-2-3-11/h1,4-7,9,11,17H,2-3,8H2. The van der Waals surface area contributed by atoms with E-state index in [0.29, 0.717) is 0 Å². The summed E-state index contributed by atoms with van der Waals surface area (Å²) in [6, 6.07) is 9.12. The quantitative estimate of drug-likeness (QED) is 0.846. The average molecular weight is 336 g/mol. The van der Waals surface area contributed by atoms with Crippen molar-refractivity contribution in [2.24, 2.45) is 0 Å². The molecule has 1 heterocycles. The van der Waals surface area contributed by atoms with Gasteiger partial charge in [0.15, 0.2) is 0 Å². The lowest BCUT2D eigenvalue weighted by Gasteiger charge is -2.08. The monoisotopic (exact) mass is 335 g/mol. The van der Waals surface area contributed by atoms with Gasteiger partial charge in [0.1, 0.15) is 11.4 Å². The van der Waals surface area contributed by atoms with Crippen LogP contribution in [0.15, 0.2) is 51.2 Å². The van der Waals surface area contributed by atoms with Crippen molar-refractivity contribution in [2.75, 3.05) is 0 Å².